The van der Waals surface area contributed by atoms with Crippen LogP contribution in [0.5, 0.6) is 0 Å². The molecule has 0 amide bonds. The van der Waals surface area contributed by atoms with Crippen molar-refractivity contribution in [3.05, 3.63) is 29.6 Å². The number of aliphatic hydroxyl groups excluding tert-OH is 1. The van der Waals surface area contributed by atoms with E-state index < -0.39 is 0 Å². The maximum Gasteiger partial charge on any atom is 0.146 e. The van der Waals surface area contributed by atoms with Gasteiger partial charge in [0.1, 0.15) is 5.82 Å². The number of hydrogen-bond acceptors (Lipinski definition) is 3. The quantitative estimate of drug-likeness (QED) is 0.844. The molecule has 1 unspecified atom stereocenters. The Kier molecular flexibility index (Phi) is 3.64. The minimum Gasteiger partial charge on any atom is -0.394 e. The molecule has 3 nitrogen and oxygen atoms in total. The van der Waals surface area contributed by atoms with Crippen molar-refractivity contribution in [3.8, 4) is 0 Å². The molecule has 1 saturated heterocycles. The van der Waals surface area contributed by atoms with E-state index in [1.807, 2.05) is 17.9 Å². The van der Waals surface area contributed by atoms with Gasteiger partial charge in [-0.05, 0) is 31.4 Å². The molecule has 1 aromatic carbocycles. The fourth-order valence-electron chi connectivity index (χ4n) is 2.52. The topological polar surface area (TPSA) is 49.5 Å². The van der Waals surface area contributed by atoms with Crippen LogP contribution in [0.15, 0.2) is 18.2 Å². The molecule has 4 heteroatoms. The van der Waals surface area contributed by atoms with Gasteiger partial charge >= 0.3 is 0 Å². The van der Waals surface area contributed by atoms with Crippen LogP contribution in [-0.2, 0) is 0 Å². The van der Waals surface area contributed by atoms with Gasteiger partial charge in [0, 0.05) is 12.6 Å². The number of nitrogens with zero attached hydrogens (tertiary/aromatic N) is 1. The molecule has 94 valence electrons. The highest BCUT2D eigenvalue weighted by Crippen LogP contribution is 2.33. The van der Waals surface area contributed by atoms with E-state index in [0.29, 0.717) is 5.69 Å². The molecule has 1 fully saturated rings. The Balaban J connectivity index is 2.42. The van der Waals surface area contributed by atoms with Gasteiger partial charge in [-0.1, -0.05) is 12.1 Å². The molecule has 1 aromatic rings. The number of para-hydroxylation sites is 1. The molecule has 1 heterocycles. The van der Waals surface area contributed by atoms with Crippen LogP contribution in [0.4, 0.5) is 10.1 Å². The highest BCUT2D eigenvalue weighted by molar-refractivity contribution is 5.57. The SMILES string of the molecule is C[C@H](N)c1cccc(F)c1N1CCCC1CO. The Labute approximate surface area is 101 Å². The van der Waals surface area contributed by atoms with Gasteiger partial charge in [0.15, 0.2) is 0 Å². The van der Waals surface area contributed by atoms with Crippen molar-refractivity contribution in [2.24, 2.45) is 5.73 Å². The first kappa shape index (κ1) is 12.3. The van der Waals surface area contributed by atoms with Gasteiger partial charge in [-0.3, -0.25) is 0 Å². The lowest BCUT2D eigenvalue weighted by molar-refractivity contribution is 0.266. The summed E-state index contributed by atoms with van der Waals surface area (Å²) in [6.45, 7) is 2.70. The standard InChI is InChI=1S/C13H19FN2O/c1-9(15)11-5-2-6-12(14)13(11)16-7-3-4-10(16)8-17/h2,5-6,9-10,17H,3-4,7-8,15H2,1H3/t9-,10?/m0/s1. The van der Waals surface area contributed by atoms with E-state index in [9.17, 15) is 9.50 Å². The molecular formula is C13H19FN2O. The van der Waals surface area contributed by atoms with Crippen LogP contribution in [0.2, 0.25) is 0 Å². The fourth-order valence-corrected chi connectivity index (χ4v) is 2.52. The van der Waals surface area contributed by atoms with E-state index in [2.05, 4.69) is 0 Å². The highest BCUT2D eigenvalue weighted by atomic mass is 19.1. The second-order valence-corrected chi connectivity index (χ2v) is 4.64. The summed E-state index contributed by atoms with van der Waals surface area (Å²) in [5, 5.41) is 9.32. The molecule has 0 spiro atoms. The van der Waals surface area contributed by atoms with E-state index in [-0.39, 0.29) is 24.5 Å². The number of rotatable bonds is 3. The van der Waals surface area contributed by atoms with E-state index in [1.54, 1.807) is 6.07 Å². The van der Waals surface area contributed by atoms with Gasteiger partial charge in [-0.2, -0.15) is 0 Å². The molecule has 1 aliphatic rings. The summed E-state index contributed by atoms with van der Waals surface area (Å²) in [6, 6.07) is 4.80. The average molecular weight is 238 g/mol. The third-order valence-corrected chi connectivity index (χ3v) is 3.38. The van der Waals surface area contributed by atoms with E-state index in [1.165, 1.54) is 6.07 Å². The van der Waals surface area contributed by atoms with Crippen molar-refractivity contribution >= 4 is 5.69 Å². The zero-order chi connectivity index (χ0) is 12.4. The molecular weight excluding hydrogens is 219 g/mol. The smallest absolute Gasteiger partial charge is 0.146 e. The summed E-state index contributed by atoms with van der Waals surface area (Å²) in [5.74, 6) is -0.250. The van der Waals surface area contributed by atoms with Crippen molar-refractivity contribution in [1.29, 1.82) is 0 Å². The van der Waals surface area contributed by atoms with Crippen molar-refractivity contribution in [1.82, 2.24) is 0 Å². The van der Waals surface area contributed by atoms with Crippen molar-refractivity contribution in [3.63, 3.8) is 0 Å². The van der Waals surface area contributed by atoms with Gasteiger partial charge < -0.3 is 15.7 Å². The molecule has 0 aromatic heterocycles. The Hall–Kier alpha value is -1.13. The molecule has 2 atom stereocenters. The number of aliphatic hydroxyl groups is 1. The lowest BCUT2D eigenvalue weighted by Crippen LogP contribution is -2.34. The molecule has 1 aliphatic heterocycles. The second kappa shape index (κ2) is 5.02. The van der Waals surface area contributed by atoms with E-state index in [0.717, 1.165) is 24.9 Å². The van der Waals surface area contributed by atoms with Crippen LogP contribution < -0.4 is 10.6 Å². The molecule has 0 saturated carbocycles. The molecule has 0 bridgehead atoms. The first-order valence-corrected chi connectivity index (χ1v) is 6.06. The Morgan fingerprint density at radius 2 is 2.35 bits per heavy atom. The zero-order valence-electron chi connectivity index (χ0n) is 10.1. The summed E-state index contributed by atoms with van der Waals surface area (Å²) >= 11 is 0. The maximum absolute atomic E-state index is 14.0. The largest absolute Gasteiger partial charge is 0.394 e. The first-order valence-electron chi connectivity index (χ1n) is 6.06. The maximum atomic E-state index is 14.0. The minimum absolute atomic E-state index is 0.0180. The lowest BCUT2D eigenvalue weighted by Gasteiger charge is -2.29. The average Bonchev–Trinajstić information content (AvgIpc) is 2.76. The van der Waals surface area contributed by atoms with E-state index >= 15 is 0 Å². The van der Waals surface area contributed by atoms with Crippen LogP contribution >= 0.6 is 0 Å². The third kappa shape index (κ3) is 2.28. The van der Waals surface area contributed by atoms with Crippen molar-refractivity contribution in [2.75, 3.05) is 18.1 Å². The Morgan fingerprint density at radius 1 is 1.59 bits per heavy atom. The van der Waals surface area contributed by atoms with Gasteiger partial charge in [0.25, 0.3) is 0 Å². The van der Waals surface area contributed by atoms with Crippen LogP contribution in [0.3, 0.4) is 0 Å². The number of anilines is 1. The van der Waals surface area contributed by atoms with Crippen molar-refractivity contribution in [2.45, 2.75) is 31.8 Å². The van der Waals surface area contributed by atoms with Crippen LogP contribution in [0, 0.1) is 5.82 Å². The molecule has 0 aliphatic carbocycles. The van der Waals surface area contributed by atoms with Gasteiger partial charge in [0.05, 0.1) is 18.3 Å². The first-order chi connectivity index (χ1) is 8.15. The molecule has 0 radical (unpaired) electrons. The second-order valence-electron chi connectivity index (χ2n) is 4.64. The monoisotopic (exact) mass is 238 g/mol. The fraction of sp³-hybridized carbons (Fsp3) is 0.538. The predicted octanol–water partition coefficient (Wildman–Crippen LogP) is 1.81. The Morgan fingerprint density at radius 3 is 3.00 bits per heavy atom. The van der Waals surface area contributed by atoms with Crippen LogP contribution in [0.1, 0.15) is 31.4 Å². The van der Waals surface area contributed by atoms with Crippen LogP contribution in [0.25, 0.3) is 0 Å². The predicted molar refractivity (Wildman–Crippen MR) is 66.5 cm³/mol. The molecule has 3 N–H and O–H groups in total. The van der Waals surface area contributed by atoms with Gasteiger partial charge in [-0.15, -0.1) is 0 Å². The van der Waals surface area contributed by atoms with Gasteiger partial charge in [-0.25, -0.2) is 4.39 Å². The number of halogens is 1. The normalized spacial score (nSPS) is 21.9. The van der Waals surface area contributed by atoms with Crippen molar-refractivity contribution < 1.29 is 9.50 Å². The number of benzene rings is 1. The highest BCUT2D eigenvalue weighted by Gasteiger charge is 2.28. The number of hydrogen-bond donors (Lipinski definition) is 2. The minimum atomic E-state index is -0.250. The van der Waals surface area contributed by atoms with Gasteiger partial charge in [0.2, 0.25) is 0 Å². The lowest BCUT2D eigenvalue weighted by atomic mass is 10.0. The summed E-state index contributed by atoms with van der Waals surface area (Å²) in [5.41, 5.74) is 7.26. The number of nitrogens with two attached hydrogens (primary N) is 1. The molecule has 2 rings (SSSR count). The summed E-state index contributed by atoms with van der Waals surface area (Å²) in [7, 11) is 0. The van der Waals surface area contributed by atoms with Crippen LogP contribution in [-0.4, -0.2) is 24.3 Å². The van der Waals surface area contributed by atoms with E-state index in [4.69, 9.17) is 5.73 Å². The summed E-state index contributed by atoms with van der Waals surface area (Å²) < 4.78 is 14.0. The Bertz CT molecular complexity index is 395. The zero-order valence-corrected chi connectivity index (χ0v) is 10.1. The third-order valence-electron chi connectivity index (χ3n) is 3.38. The summed E-state index contributed by atoms with van der Waals surface area (Å²) in [6.07, 6.45) is 1.89. The summed E-state index contributed by atoms with van der Waals surface area (Å²) in [4.78, 5) is 1.95. The molecule has 17 heavy (non-hydrogen) atoms.